The van der Waals surface area contributed by atoms with Crippen LogP contribution in [0.25, 0.3) is 0 Å². The van der Waals surface area contributed by atoms with Crippen molar-refractivity contribution in [1.82, 2.24) is 9.78 Å². The number of aryl methyl sites for hydroxylation is 1. The van der Waals surface area contributed by atoms with Gasteiger partial charge in [-0.2, -0.15) is 5.10 Å². The summed E-state index contributed by atoms with van der Waals surface area (Å²) in [4.78, 5) is 12.1. The van der Waals surface area contributed by atoms with Gasteiger partial charge in [0, 0.05) is 19.5 Å². The number of rotatable bonds is 4. The zero-order valence-electron chi connectivity index (χ0n) is 10.5. The monoisotopic (exact) mass is 266 g/mol. The predicted octanol–water partition coefficient (Wildman–Crippen LogP) is 2.13. The highest BCUT2D eigenvalue weighted by Gasteiger charge is 2.19. The van der Waals surface area contributed by atoms with Crippen LogP contribution in [0.5, 0.6) is 5.75 Å². The van der Waals surface area contributed by atoms with E-state index in [1.165, 1.54) is 24.1 Å². The molecule has 4 nitrogen and oxygen atoms in total. The smallest absolute Gasteiger partial charge is 0.189 e. The molecule has 0 saturated heterocycles. The molecule has 1 aromatic carbocycles. The van der Waals surface area contributed by atoms with Crippen molar-refractivity contribution in [2.24, 2.45) is 7.05 Å². The third-order valence-electron chi connectivity index (χ3n) is 2.76. The van der Waals surface area contributed by atoms with Crippen LogP contribution < -0.4 is 4.74 Å². The molecule has 19 heavy (non-hydrogen) atoms. The van der Waals surface area contributed by atoms with Gasteiger partial charge in [0.1, 0.15) is 17.3 Å². The van der Waals surface area contributed by atoms with E-state index in [0.717, 1.165) is 12.1 Å². The largest absolute Gasteiger partial charge is 0.493 e. The van der Waals surface area contributed by atoms with Crippen LogP contribution in [0.3, 0.4) is 0 Å². The normalized spacial score (nSPS) is 10.5. The number of nitrogens with zero attached hydrogens (tertiary/aromatic N) is 2. The molecule has 100 valence electrons. The minimum absolute atomic E-state index is 0.134. The summed E-state index contributed by atoms with van der Waals surface area (Å²) in [6.45, 7) is 0. The minimum atomic E-state index is -0.741. The van der Waals surface area contributed by atoms with Crippen LogP contribution in [0.1, 0.15) is 16.1 Å². The number of benzene rings is 1. The maximum absolute atomic E-state index is 13.5. The van der Waals surface area contributed by atoms with Gasteiger partial charge in [-0.15, -0.1) is 0 Å². The van der Waals surface area contributed by atoms with Gasteiger partial charge in [-0.3, -0.25) is 9.48 Å². The molecule has 6 heteroatoms. The van der Waals surface area contributed by atoms with Crippen LogP contribution in [0.4, 0.5) is 8.78 Å². The average Bonchev–Trinajstić information content (AvgIpc) is 2.74. The highest BCUT2D eigenvalue weighted by Crippen LogP contribution is 2.20. The van der Waals surface area contributed by atoms with Crippen molar-refractivity contribution < 1.29 is 18.3 Å². The minimum Gasteiger partial charge on any atom is -0.493 e. The molecule has 0 N–H and O–H groups in total. The third-order valence-corrected chi connectivity index (χ3v) is 2.76. The highest BCUT2D eigenvalue weighted by atomic mass is 19.1. The zero-order valence-corrected chi connectivity index (χ0v) is 10.5. The second-order valence-electron chi connectivity index (χ2n) is 4.02. The fourth-order valence-electron chi connectivity index (χ4n) is 1.81. The Hall–Kier alpha value is -2.24. The van der Waals surface area contributed by atoms with E-state index in [2.05, 4.69) is 5.10 Å². The van der Waals surface area contributed by atoms with Crippen LogP contribution >= 0.6 is 0 Å². The quantitative estimate of drug-likeness (QED) is 0.796. The maximum Gasteiger partial charge on any atom is 0.189 e. The number of hydrogen-bond donors (Lipinski definition) is 0. The molecule has 0 aliphatic carbocycles. The number of aromatic nitrogens is 2. The molecule has 0 amide bonds. The number of carbonyl (C=O) groups is 1. The van der Waals surface area contributed by atoms with Crippen LogP contribution in [-0.4, -0.2) is 22.7 Å². The van der Waals surface area contributed by atoms with Crippen molar-refractivity contribution in [2.45, 2.75) is 6.42 Å². The number of hydrogen-bond acceptors (Lipinski definition) is 3. The second-order valence-corrected chi connectivity index (χ2v) is 4.02. The van der Waals surface area contributed by atoms with Gasteiger partial charge < -0.3 is 4.74 Å². The van der Waals surface area contributed by atoms with Crippen LogP contribution in [0.2, 0.25) is 0 Å². The lowest BCUT2D eigenvalue weighted by atomic mass is 10.1. The number of ketones is 1. The Morgan fingerprint density at radius 3 is 2.79 bits per heavy atom. The van der Waals surface area contributed by atoms with E-state index in [1.807, 2.05) is 0 Å². The molecule has 0 saturated carbocycles. The lowest BCUT2D eigenvalue weighted by Crippen LogP contribution is -2.12. The molecule has 1 heterocycles. The third kappa shape index (κ3) is 2.62. The lowest BCUT2D eigenvalue weighted by molar-refractivity contribution is 0.0979. The van der Waals surface area contributed by atoms with E-state index in [4.69, 9.17) is 4.74 Å². The standard InChI is InChI=1S/C13H12F2N2O2/c1-17-13(12(19-2)7-16-17)11(18)5-8-3-4-9(14)6-10(8)15/h3-4,6-7H,5H2,1-2H3. The van der Waals surface area contributed by atoms with Crippen molar-refractivity contribution in [2.75, 3.05) is 7.11 Å². The topological polar surface area (TPSA) is 44.1 Å². The first-order valence-corrected chi connectivity index (χ1v) is 5.56. The Morgan fingerprint density at radius 1 is 1.42 bits per heavy atom. The Morgan fingerprint density at radius 2 is 2.16 bits per heavy atom. The van der Waals surface area contributed by atoms with E-state index < -0.39 is 11.6 Å². The molecule has 2 aromatic rings. The number of ether oxygens (including phenoxy) is 1. The van der Waals surface area contributed by atoms with E-state index in [-0.39, 0.29) is 23.5 Å². The fraction of sp³-hybridized carbons (Fsp3) is 0.231. The second kappa shape index (κ2) is 5.17. The van der Waals surface area contributed by atoms with Gasteiger partial charge in [0.25, 0.3) is 0 Å². The summed E-state index contributed by atoms with van der Waals surface area (Å²) >= 11 is 0. The number of Topliss-reactive ketones (excluding diaryl/α,β-unsaturated/α-hetero) is 1. The van der Waals surface area contributed by atoms with Crippen molar-refractivity contribution >= 4 is 5.78 Å². The van der Waals surface area contributed by atoms with Crippen molar-refractivity contribution in [3.8, 4) is 5.75 Å². The summed E-state index contributed by atoms with van der Waals surface area (Å²) < 4.78 is 32.7. The summed E-state index contributed by atoms with van der Waals surface area (Å²) in [5.41, 5.74) is 0.390. The van der Waals surface area contributed by atoms with Gasteiger partial charge in [-0.25, -0.2) is 8.78 Å². The summed E-state index contributed by atoms with van der Waals surface area (Å²) in [6, 6.07) is 3.13. The Balaban J connectivity index is 2.28. The van der Waals surface area contributed by atoms with Gasteiger partial charge in [0.15, 0.2) is 11.5 Å². The van der Waals surface area contributed by atoms with Gasteiger partial charge in [0.05, 0.1) is 13.3 Å². The molecule has 0 aliphatic rings. The van der Waals surface area contributed by atoms with E-state index in [1.54, 1.807) is 7.05 Å². The van der Waals surface area contributed by atoms with Gasteiger partial charge >= 0.3 is 0 Å². The molecule has 0 unspecified atom stereocenters. The molecule has 0 atom stereocenters. The van der Waals surface area contributed by atoms with Gasteiger partial charge in [0.2, 0.25) is 0 Å². The summed E-state index contributed by atoms with van der Waals surface area (Å²) in [6.07, 6.45) is 1.23. The van der Waals surface area contributed by atoms with E-state index >= 15 is 0 Å². The molecular formula is C13H12F2N2O2. The van der Waals surface area contributed by atoms with E-state index in [9.17, 15) is 13.6 Å². The summed E-state index contributed by atoms with van der Waals surface area (Å²) in [7, 11) is 3.02. The molecule has 2 rings (SSSR count). The summed E-state index contributed by atoms with van der Waals surface area (Å²) in [5, 5.41) is 3.90. The van der Waals surface area contributed by atoms with E-state index in [0.29, 0.717) is 5.75 Å². The van der Waals surface area contributed by atoms with Gasteiger partial charge in [-0.05, 0) is 11.6 Å². The fourth-order valence-corrected chi connectivity index (χ4v) is 1.81. The lowest BCUT2D eigenvalue weighted by Gasteiger charge is -2.05. The Labute approximate surface area is 108 Å². The Bertz CT molecular complexity index is 623. The first-order chi connectivity index (χ1) is 9.02. The number of methoxy groups -OCH3 is 1. The van der Waals surface area contributed by atoms with Crippen molar-refractivity contribution in [1.29, 1.82) is 0 Å². The SMILES string of the molecule is COc1cnn(C)c1C(=O)Cc1ccc(F)cc1F. The molecular weight excluding hydrogens is 254 g/mol. The summed E-state index contributed by atoms with van der Waals surface area (Å²) in [5.74, 6) is -1.43. The molecule has 0 bridgehead atoms. The molecule has 0 fully saturated rings. The Kier molecular flexibility index (Phi) is 3.59. The molecule has 0 aliphatic heterocycles. The maximum atomic E-state index is 13.5. The number of carbonyl (C=O) groups excluding carboxylic acids is 1. The highest BCUT2D eigenvalue weighted by molar-refractivity contribution is 5.98. The molecule has 0 spiro atoms. The van der Waals surface area contributed by atoms with Crippen LogP contribution in [-0.2, 0) is 13.5 Å². The van der Waals surface area contributed by atoms with Crippen LogP contribution in [0.15, 0.2) is 24.4 Å². The molecule has 0 radical (unpaired) electrons. The zero-order chi connectivity index (χ0) is 14.0. The average molecular weight is 266 g/mol. The number of halogens is 2. The first-order valence-electron chi connectivity index (χ1n) is 5.56. The van der Waals surface area contributed by atoms with Gasteiger partial charge in [-0.1, -0.05) is 6.07 Å². The molecule has 1 aromatic heterocycles. The predicted molar refractivity (Wildman–Crippen MR) is 64.2 cm³/mol. The van der Waals surface area contributed by atoms with Crippen LogP contribution in [0, 0.1) is 11.6 Å². The van der Waals surface area contributed by atoms with Crippen molar-refractivity contribution in [3.63, 3.8) is 0 Å². The first kappa shape index (κ1) is 13.2. The van der Waals surface area contributed by atoms with Crippen molar-refractivity contribution in [3.05, 3.63) is 47.3 Å².